The van der Waals surface area contributed by atoms with Gasteiger partial charge in [0.15, 0.2) is 0 Å². The van der Waals surface area contributed by atoms with E-state index in [1.165, 1.54) is 12.1 Å². The van der Waals surface area contributed by atoms with Gasteiger partial charge in [-0.15, -0.1) is 0 Å². The van der Waals surface area contributed by atoms with Crippen LogP contribution in [0.2, 0.25) is 0 Å². The maximum Gasteiger partial charge on any atom is 0.417 e. The molecule has 20 heavy (non-hydrogen) atoms. The third kappa shape index (κ3) is 2.85. The van der Waals surface area contributed by atoms with Gasteiger partial charge in [0.05, 0.1) is 5.56 Å². The van der Waals surface area contributed by atoms with Crippen LogP contribution in [0, 0.1) is 0 Å². The van der Waals surface area contributed by atoms with Crippen molar-refractivity contribution in [2.75, 3.05) is 6.54 Å². The van der Waals surface area contributed by atoms with Crippen molar-refractivity contribution in [1.29, 1.82) is 0 Å². The van der Waals surface area contributed by atoms with Crippen LogP contribution in [0.25, 0.3) is 0 Å². The quantitative estimate of drug-likeness (QED) is 0.731. The zero-order valence-corrected chi connectivity index (χ0v) is 12.8. The third-order valence-electron chi connectivity index (χ3n) is 3.66. The highest BCUT2D eigenvalue weighted by Crippen LogP contribution is 2.36. The summed E-state index contributed by atoms with van der Waals surface area (Å²) in [6.45, 7) is 4.45. The molecule has 0 unspecified atom stereocenters. The predicted octanol–water partition coefficient (Wildman–Crippen LogP) is 4.48. The molecular formula is C14H15BrF3NO. The van der Waals surface area contributed by atoms with E-state index in [0.717, 1.165) is 18.9 Å². The van der Waals surface area contributed by atoms with Crippen molar-refractivity contribution in [2.45, 2.75) is 38.4 Å². The van der Waals surface area contributed by atoms with Gasteiger partial charge in [-0.05, 0) is 44.9 Å². The Hall–Kier alpha value is -1.04. The summed E-state index contributed by atoms with van der Waals surface area (Å²) < 4.78 is 38.5. The molecule has 0 bridgehead atoms. The predicted molar refractivity (Wildman–Crippen MR) is 73.5 cm³/mol. The molecule has 2 nitrogen and oxygen atoms in total. The number of hydrogen-bond acceptors (Lipinski definition) is 1. The van der Waals surface area contributed by atoms with Crippen LogP contribution in [0.15, 0.2) is 22.7 Å². The van der Waals surface area contributed by atoms with Crippen molar-refractivity contribution < 1.29 is 18.0 Å². The maximum atomic E-state index is 12.9. The molecule has 1 saturated heterocycles. The van der Waals surface area contributed by atoms with Gasteiger partial charge in [-0.3, -0.25) is 4.79 Å². The SMILES string of the molecule is CC1(C)CCCN1C(=O)c1ccc(Br)c(C(F)(F)F)c1. The number of hydrogen-bond donors (Lipinski definition) is 0. The summed E-state index contributed by atoms with van der Waals surface area (Å²) in [5.74, 6) is -0.342. The molecule has 1 heterocycles. The number of carbonyl (C=O) groups excluding carboxylic acids is 1. The van der Waals surface area contributed by atoms with E-state index >= 15 is 0 Å². The van der Waals surface area contributed by atoms with Crippen LogP contribution in [-0.4, -0.2) is 22.9 Å². The summed E-state index contributed by atoms with van der Waals surface area (Å²) in [7, 11) is 0. The second-order valence-electron chi connectivity index (χ2n) is 5.57. The van der Waals surface area contributed by atoms with Crippen LogP contribution < -0.4 is 0 Å². The second-order valence-corrected chi connectivity index (χ2v) is 6.42. The highest BCUT2D eigenvalue weighted by molar-refractivity contribution is 9.10. The van der Waals surface area contributed by atoms with E-state index in [1.807, 2.05) is 13.8 Å². The Bertz CT molecular complexity index is 540. The fraction of sp³-hybridized carbons (Fsp3) is 0.500. The smallest absolute Gasteiger partial charge is 0.334 e. The van der Waals surface area contributed by atoms with Crippen LogP contribution in [0.1, 0.15) is 42.6 Å². The molecule has 6 heteroatoms. The molecule has 0 aliphatic carbocycles. The molecule has 1 fully saturated rings. The first-order valence-corrected chi connectivity index (χ1v) is 7.11. The van der Waals surface area contributed by atoms with Crippen LogP contribution in [-0.2, 0) is 6.18 Å². The number of likely N-dealkylation sites (tertiary alicyclic amines) is 1. The van der Waals surface area contributed by atoms with E-state index < -0.39 is 11.7 Å². The largest absolute Gasteiger partial charge is 0.417 e. The lowest BCUT2D eigenvalue weighted by molar-refractivity contribution is -0.138. The van der Waals surface area contributed by atoms with Gasteiger partial charge >= 0.3 is 6.18 Å². The molecule has 0 radical (unpaired) electrons. The monoisotopic (exact) mass is 349 g/mol. The minimum Gasteiger partial charge on any atom is -0.334 e. The third-order valence-corrected chi connectivity index (χ3v) is 4.36. The summed E-state index contributed by atoms with van der Waals surface area (Å²) in [6, 6.07) is 3.62. The van der Waals surface area contributed by atoms with Crippen LogP contribution in [0.4, 0.5) is 13.2 Å². The summed E-state index contributed by atoms with van der Waals surface area (Å²) in [6.07, 6.45) is -2.74. The van der Waals surface area contributed by atoms with E-state index in [2.05, 4.69) is 15.9 Å². The number of alkyl halides is 3. The highest BCUT2D eigenvalue weighted by atomic mass is 79.9. The molecule has 0 spiro atoms. The summed E-state index contributed by atoms with van der Waals surface area (Å²) in [5, 5.41) is 0. The Morgan fingerprint density at radius 2 is 2.00 bits per heavy atom. The fourth-order valence-electron chi connectivity index (χ4n) is 2.52. The topological polar surface area (TPSA) is 20.3 Å². The molecule has 0 saturated carbocycles. The number of halogens is 4. The van der Waals surface area contributed by atoms with Crippen LogP contribution in [0.3, 0.4) is 0 Å². The lowest BCUT2D eigenvalue weighted by atomic mass is 10.0. The minimum atomic E-state index is -4.48. The van der Waals surface area contributed by atoms with Gasteiger partial charge in [0, 0.05) is 22.1 Å². The van der Waals surface area contributed by atoms with Crippen molar-refractivity contribution in [1.82, 2.24) is 4.90 Å². The van der Waals surface area contributed by atoms with E-state index in [-0.39, 0.29) is 21.5 Å². The van der Waals surface area contributed by atoms with Gasteiger partial charge in [-0.1, -0.05) is 15.9 Å². The van der Waals surface area contributed by atoms with Gasteiger partial charge < -0.3 is 4.90 Å². The Morgan fingerprint density at radius 1 is 1.35 bits per heavy atom. The standard InChI is InChI=1S/C14H15BrF3NO/c1-13(2)6-3-7-19(13)12(20)9-4-5-11(15)10(8-9)14(16,17)18/h4-5,8H,3,6-7H2,1-2H3. The maximum absolute atomic E-state index is 12.9. The van der Waals surface area contributed by atoms with Gasteiger partial charge in [-0.25, -0.2) is 0 Å². The zero-order chi connectivity index (χ0) is 15.1. The van der Waals surface area contributed by atoms with Crippen molar-refractivity contribution >= 4 is 21.8 Å². The van der Waals surface area contributed by atoms with Gasteiger partial charge in [0.2, 0.25) is 0 Å². The average molecular weight is 350 g/mol. The lowest BCUT2D eigenvalue weighted by Crippen LogP contribution is -2.42. The molecule has 1 aliphatic rings. The zero-order valence-electron chi connectivity index (χ0n) is 11.2. The first kappa shape index (κ1) is 15.4. The van der Waals surface area contributed by atoms with Crippen molar-refractivity contribution in [3.05, 3.63) is 33.8 Å². The molecule has 110 valence electrons. The number of carbonyl (C=O) groups is 1. The van der Waals surface area contributed by atoms with E-state index in [1.54, 1.807) is 4.90 Å². The van der Waals surface area contributed by atoms with E-state index in [0.29, 0.717) is 6.54 Å². The van der Waals surface area contributed by atoms with Crippen molar-refractivity contribution in [3.8, 4) is 0 Å². The van der Waals surface area contributed by atoms with Crippen molar-refractivity contribution in [2.24, 2.45) is 0 Å². The number of benzene rings is 1. The Morgan fingerprint density at radius 3 is 2.50 bits per heavy atom. The van der Waals surface area contributed by atoms with Crippen LogP contribution in [0.5, 0.6) is 0 Å². The molecule has 1 amide bonds. The van der Waals surface area contributed by atoms with Crippen LogP contribution >= 0.6 is 15.9 Å². The molecule has 2 rings (SSSR count). The Balaban J connectivity index is 2.37. The van der Waals surface area contributed by atoms with Gasteiger partial charge in [-0.2, -0.15) is 13.2 Å². The number of nitrogens with zero attached hydrogens (tertiary/aromatic N) is 1. The first-order chi connectivity index (χ1) is 9.13. The summed E-state index contributed by atoms with van der Waals surface area (Å²) >= 11 is 2.88. The normalized spacial score (nSPS) is 18.4. The summed E-state index contributed by atoms with van der Waals surface area (Å²) in [5.41, 5.74) is -1.04. The van der Waals surface area contributed by atoms with Gasteiger partial charge in [0.25, 0.3) is 5.91 Å². The molecule has 1 aliphatic heterocycles. The Kier molecular flexibility index (Phi) is 3.88. The highest BCUT2D eigenvalue weighted by Gasteiger charge is 2.38. The number of amides is 1. The van der Waals surface area contributed by atoms with Gasteiger partial charge in [0.1, 0.15) is 0 Å². The summed E-state index contributed by atoms with van der Waals surface area (Å²) in [4.78, 5) is 14.0. The van der Waals surface area contributed by atoms with Crippen molar-refractivity contribution in [3.63, 3.8) is 0 Å². The fourth-order valence-corrected chi connectivity index (χ4v) is 2.99. The lowest BCUT2D eigenvalue weighted by Gasteiger charge is -2.31. The minimum absolute atomic E-state index is 0.0535. The molecule has 0 atom stereocenters. The molecular weight excluding hydrogens is 335 g/mol. The van der Waals surface area contributed by atoms with E-state index in [4.69, 9.17) is 0 Å². The number of rotatable bonds is 1. The average Bonchev–Trinajstić information content (AvgIpc) is 2.67. The molecule has 1 aromatic rings. The van der Waals surface area contributed by atoms with E-state index in [9.17, 15) is 18.0 Å². The Labute approximate surface area is 124 Å². The second kappa shape index (κ2) is 5.06. The first-order valence-electron chi connectivity index (χ1n) is 6.32. The molecule has 1 aromatic carbocycles. The molecule has 0 N–H and O–H groups in total. The molecule has 0 aromatic heterocycles.